The minimum absolute atomic E-state index is 0.0495. The molecule has 0 bridgehead atoms. The minimum Gasteiger partial charge on any atom is -0.510 e. The van der Waals surface area contributed by atoms with E-state index in [-0.39, 0.29) is 42.6 Å². The zero-order valence-electron chi connectivity index (χ0n) is 30.9. The van der Waals surface area contributed by atoms with Gasteiger partial charge < -0.3 is 45.4 Å². The van der Waals surface area contributed by atoms with Gasteiger partial charge in [-0.05, 0) is 70.7 Å². The number of allylic oxidation sites excluding steroid dienone is 1. The topological polar surface area (TPSA) is 220 Å². The van der Waals surface area contributed by atoms with E-state index in [1.54, 1.807) is 59.9 Å². The molecule has 0 aliphatic heterocycles. The summed E-state index contributed by atoms with van der Waals surface area (Å²) in [5.41, 5.74) is 1.17. The Morgan fingerprint density at radius 1 is 1.00 bits per heavy atom. The van der Waals surface area contributed by atoms with E-state index in [1.807, 2.05) is 20.8 Å². The number of esters is 1. The smallest absolute Gasteiger partial charge is 0.412 e. The summed E-state index contributed by atoms with van der Waals surface area (Å²) in [6, 6.07) is 0.545. The van der Waals surface area contributed by atoms with Gasteiger partial charge in [-0.2, -0.15) is 0 Å². The molecule has 6 N–H and O–H groups in total. The van der Waals surface area contributed by atoms with Gasteiger partial charge in [-0.1, -0.05) is 20.8 Å². The number of nitrogens with zero attached hydrogens (tertiary/aromatic N) is 3. The lowest BCUT2D eigenvalue weighted by Crippen LogP contribution is -2.63. The summed E-state index contributed by atoms with van der Waals surface area (Å²) >= 11 is 0. The number of Topliss-reactive ketones (excluding diaryl/α,β-unsaturated/α-hetero) is 2. The van der Waals surface area contributed by atoms with Crippen molar-refractivity contribution in [3.05, 3.63) is 45.4 Å². The molecule has 0 unspecified atom stereocenters. The second kappa shape index (κ2) is 13.5. The van der Waals surface area contributed by atoms with Crippen LogP contribution in [0.2, 0.25) is 0 Å². The van der Waals surface area contributed by atoms with Crippen molar-refractivity contribution in [2.45, 2.75) is 72.6 Å². The number of benzene rings is 1. The van der Waals surface area contributed by atoms with Crippen LogP contribution in [0.3, 0.4) is 0 Å². The highest BCUT2D eigenvalue weighted by Crippen LogP contribution is 2.53. The van der Waals surface area contributed by atoms with E-state index in [4.69, 9.17) is 15.2 Å². The zero-order chi connectivity index (χ0) is 38.7. The summed E-state index contributed by atoms with van der Waals surface area (Å²) in [5.74, 6) is -8.04. The molecule has 51 heavy (non-hydrogen) atoms. The first-order valence-electron chi connectivity index (χ1n) is 16.6. The molecule has 3 aliphatic carbocycles. The standard InChI is InChI=1S/C36H50N4O11/c1-34(2,3)15-40(33(48)51-16-50-32(47)35(4,5)6)14-18-13-21(38(7)8)19-11-17-12-20-25(39(9)10)28(43)24(31(37)46)30(45)36(20,49)29(44)22(17)27(42)23(19)26(18)41/h13,17,20,25,41,43-44,49H,11-12,14-16H2,1-10H3,(H2,37,46)/t17-,20-,25-,36-/m0/s1. The number of ether oxygens (including phenoxy) is 2. The zero-order valence-corrected chi connectivity index (χ0v) is 30.9. The highest BCUT2D eigenvalue weighted by molar-refractivity contribution is 6.25. The van der Waals surface area contributed by atoms with Gasteiger partial charge in [0.2, 0.25) is 12.6 Å². The maximum absolute atomic E-state index is 14.4. The lowest BCUT2D eigenvalue weighted by Gasteiger charge is -2.50. The normalized spacial score (nSPS) is 23.4. The number of rotatable bonds is 8. The Balaban J connectivity index is 1.81. The number of amides is 2. The van der Waals surface area contributed by atoms with Gasteiger partial charge in [0.25, 0.3) is 5.91 Å². The van der Waals surface area contributed by atoms with Crippen molar-refractivity contribution >= 4 is 35.2 Å². The number of nitrogens with two attached hydrogens (primary N) is 1. The molecular weight excluding hydrogens is 664 g/mol. The molecule has 280 valence electrons. The number of carbonyl (C=O) groups is 5. The summed E-state index contributed by atoms with van der Waals surface area (Å²) in [6.07, 6.45) is -0.787. The number of phenols is 1. The molecule has 3 aliphatic rings. The predicted molar refractivity (Wildman–Crippen MR) is 185 cm³/mol. The largest absolute Gasteiger partial charge is 0.510 e. The summed E-state index contributed by atoms with van der Waals surface area (Å²) in [7, 11) is 6.61. The number of phenolic OH excluding ortho intramolecular Hbond substituents is 1. The molecule has 0 saturated carbocycles. The number of primary amides is 1. The quantitative estimate of drug-likeness (QED) is 0.149. The third-order valence-corrected chi connectivity index (χ3v) is 9.53. The molecule has 4 atom stereocenters. The summed E-state index contributed by atoms with van der Waals surface area (Å²) in [4.78, 5) is 70.4. The Morgan fingerprint density at radius 2 is 1.61 bits per heavy atom. The summed E-state index contributed by atoms with van der Waals surface area (Å²) in [5, 5.41) is 46.4. The Labute approximate surface area is 297 Å². The molecule has 0 heterocycles. The van der Waals surface area contributed by atoms with Gasteiger partial charge in [-0.25, -0.2) is 4.79 Å². The van der Waals surface area contributed by atoms with Gasteiger partial charge >= 0.3 is 12.1 Å². The molecule has 0 fully saturated rings. The number of anilines is 1. The first-order valence-corrected chi connectivity index (χ1v) is 16.6. The van der Waals surface area contributed by atoms with Crippen LogP contribution in [-0.4, -0.2) is 113 Å². The van der Waals surface area contributed by atoms with Gasteiger partial charge in [-0.15, -0.1) is 0 Å². The first kappa shape index (κ1) is 39.2. The second-order valence-electron chi connectivity index (χ2n) is 16.2. The Kier molecular flexibility index (Phi) is 10.4. The third kappa shape index (κ3) is 7.01. The monoisotopic (exact) mass is 714 g/mol. The van der Waals surface area contributed by atoms with Crippen LogP contribution in [0.1, 0.15) is 69.4 Å². The van der Waals surface area contributed by atoms with Crippen molar-refractivity contribution in [2.24, 2.45) is 28.4 Å². The van der Waals surface area contributed by atoms with E-state index in [0.717, 1.165) is 0 Å². The number of carbonyl (C=O) groups excluding carboxylic acids is 5. The van der Waals surface area contributed by atoms with Crippen molar-refractivity contribution in [2.75, 3.05) is 46.4 Å². The third-order valence-electron chi connectivity index (χ3n) is 9.53. The van der Waals surface area contributed by atoms with Gasteiger partial charge in [0.05, 0.1) is 23.6 Å². The Morgan fingerprint density at radius 3 is 2.12 bits per heavy atom. The van der Waals surface area contributed by atoms with E-state index in [9.17, 15) is 44.4 Å². The van der Waals surface area contributed by atoms with Gasteiger partial charge in [0.15, 0.2) is 11.4 Å². The van der Waals surface area contributed by atoms with Crippen LogP contribution in [0.5, 0.6) is 5.75 Å². The predicted octanol–water partition coefficient (Wildman–Crippen LogP) is 2.72. The molecule has 0 spiro atoms. The van der Waals surface area contributed by atoms with Crippen molar-refractivity contribution < 1.29 is 53.9 Å². The average molecular weight is 715 g/mol. The molecule has 4 rings (SSSR count). The number of ketones is 2. The van der Waals surface area contributed by atoms with Crippen LogP contribution >= 0.6 is 0 Å². The van der Waals surface area contributed by atoms with Crippen LogP contribution < -0.4 is 10.6 Å². The molecule has 0 radical (unpaired) electrons. The minimum atomic E-state index is -2.77. The average Bonchev–Trinajstić information content (AvgIpc) is 2.98. The van der Waals surface area contributed by atoms with Crippen molar-refractivity contribution in [1.29, 1.82) is 0 Å². The van der Waals surface area contributed by atoms with E-state index in [1.165, 1.54) is 9.80 Å². The maximum Gasteiger partial charge on any atom is 0.412 e. The number of aromatic hydroxyl groups is 1. The number of aliphatic hydroxyl groups excluding tert-OH is 2. The molecule has 15 nitrogen and oxygen atoms in total. The maximum atomic E-state index is 14.4. The highest BCUT2D eigenvalue weighted by atomic mass is 16.7. The lowest BCUT2D eigenvalue weighted by molar-refractivity contribution is -0.162. The molecule has 2 amide bonds. The fraction of sp³-hybridized carbons (Fsp3) is 0.583. The first-order chi connectivity index (χ1) is 23.3. The van der Waals surface area contributed by atoms with Crippen LogP contribution in [0.4, 0.5) is 10.5 Å². The van der Waals surface area contributed by atoms with E-state index < -0.39 is 93.5 Å². The summed E-state index contributed by atoms with van der Waals surface area (Å²) < 4.78 is 10.4. The molecule has 0 saturated heterocycles. The fourth-order valence-electron chi connectivity index (χ4n) is 7.28. The van der Waals surface area contributed by atoms with Crippen LogP contribution in [-0.2, 0) is 36.8 Å². The summed E-state index contributed by atoms with van der Waals surface area (Å²) in [6.45, 7) is 9.90. The number of hydrogen-bond donors (Lipinski definition) is 5. The number of aliphatic hydroxyl groups is 3. The number of fused-ring (bicyclic) bond motifs is 3. The fourth-order valence-corrected chi connectivity index (χ4v) is 7.28. The van der Waals surface area contributed by atoms with Crippen molar-refractivity contribution in [1.82, 2.24) is 9.80 Å². The van der Waals surface area contributed by atoms with Gasteiger partial charge in [0.1, 0.15) is 22.8 Å². The van der Waals surface area contributed by atoms with Crippen molar-refractivity contribution in [3.63, 3.8) is 0 Å². The van der Waals surface area contributed by atoms with Gasteiger partial charge in [0, 0.05) is 43.4 Å². The van der Waals surface area contributed by atoms with Crippen LogP contribution in [0.15, 0.2) is 28.7 Å². The van der Waals surface area contributed by atoms with Gasteiger partial charge in [-0.3, -0.25) is 24.1 Å². The SMILES string of the molecule is CN(C)c1cc(CN(CC(C)(C)C)C(=O)OCOC(=O)C(C)(C)C)c(O)c2c1C[C@H]1C[C@H]3[C@H](N(C)C)C(O)=C(C(N)=O)C(=O)[C@@]3(O)C(O)=C1C2=O. The second-order valence-corrected chi connectivity index (χ2v) is 16.2. The Bertz CT molecular complexity index is 1730. The van der Waals surface area contributed by atoms with Crippen LogP contribution in [0, 0.1) is 22.7 Å². The number of likely N-dealkylation sites (N-methyl/N-ethyl adjacent to an activating group) is 1. The van der Waals surface area contributed by atoms with Crippen molar-refractivity contribution in [3.8, 4) is 5.75 Å². The van der Waals surface area contributed by atoms with E-state index in [0.29, 0.717) is 11.3 Å². The molecule has 0 aromatic heterocycles. The van der Waals surface area contributed by atoms with E-state index in [2.05, 4.69) is 0 Å². The molecule has 1 aromatic rings. The van der Waals surface area contributed by atoms with E-state index >= 15 is 0 Å². The van der Waals surface area contributed by atoms with Crippen LogP contribution in [0.25, 0.3) is 0 Å². The molecular formula is C36H50N4O11. The molecule has 1 aromatic carbocycles. The number of hydrogen-bond acceptors (Lipinski definition) is 13. The lowest BCUT2D eigenvalue weighted by atomic mass is 9.58. The Hall–Kier alpha value is -4.63. The molecule has 15 heteroatoms. The highest BCUT2D eigenvalue weighted by Gasteiger charge is 2.63.